The van der Waals surface area contributed by atoms with Crippen molar-refractivity contribution in [2.75, 3.05) is 5.75 Å². The number of benzene rings is 1. The normalized spacial score (nSPS) is 9.15. The molecule has 0 saturated carbocycles. The minimum atomic E-state index is -0.244. The predicted molar refractivity (Wildman–Crippen MR) is 56.5 cm³/mol. The van der Waals surface area contributed by atoms with Gasteiger partial charge in [-0.2, -0.15) is 12.6 Å². The highest BCUT2D eigenvalue weighted by atomic mass is 32.1. The van der Waals surface area contributed by atoms with Crippen LogP contribution in [0.4, 0.5) is 4.39 Å². The second-order valence-electron chi connectivity index (χ2n) is 2.71. The van der Waals surface area contributed by atoms with E-state index in [1.54, 1.807) is 6.07 Å². The summed E-state index contributed by atoms with van der Waals surface area (Å²) < 4.78 is 13.2. The van der Waals surface area contributed by atoms with Crippen molar-refractivity contribution in [2.45, 2.75) is 13.3 Å². The Morgan fingerprint density at radius 2 is 2.23 bits per heavy atom. The minimum Gasteiger partial charge on any atom is -0.206 e. The van der Waals surface area contributed by atoms with Crippen molar-refractivity contribution in [2.24, 2.45) is 0 Å². The lowest BCUT2D eigenvalue weighted by atomic mass is 10.1. The zero-order valence-electron chi connectivity index (χ0n) is 7.47. The van der Waals surface area contributed by atoms with Crippen LogP contribution in [-0.4, -0.2) is 5.75 Å². The molecule has 1 aromatic rings. The molecular formula is C11H11FS. The highest BCUT2D eigenvalue weighted by molar-refractivity contribution is 7.80. The van der Waals surface area contributed by atoms with E-state index in [4.69, 9.17) is 0 Å². The largest absolute Gasteiger partial charge is 0.206 e. The molecule has 0 N–H and O–H groups in total. The van der Waals surface area contributed by atoms with Gasteiger partial charge in [0.1, 0.15) is 5.82 Å². The van der Waals surface area contributed by atoms with E-state index in [1.807, 2.05) is 13.0 Å². The number of rotatable bonds is 1. The second kappa shape index (κ2) is 4.94. The Morgan fingerprint density at radius 3 is 2.85 bits per heavy atom. The SMILES string of the molecule is Cc1cccc(F)c1C#CCCS. The fourth-order valence-electron chi connectivity index (χ4n) is 0.997. The van der Waals surface area contributed by atoms with Gasteiger partial charge < -0.3 is 0 Å². The summed E-state index contributed by atoms with van der Waals surface area (Å²) in [5, 5.41) is 0. The van der Waals surface area contributed by atoms with Gasteiger partial charge in [0.25, 0.3) is 0 Å². The maximum atomic E-state index is 13.2. The number of hydrogen-bond acceptors (Lipinski definition) is 1. The first-order valence-corrected chi connectivity index (χ1v) is 4.74. The maximum absolute atomic E-state index is 13.2. The van der Waals surface area contributed by atoms with Crippen LogP contribution in [0.1, 0.15) is 17.5 Å². The molecule has 0 aromatic heterocycles. The van der Waals surface area contributed by atoms with Crippen LogP contribution in [0.2, 0.25) is 0 Å². The fraction of sp³-hybridized carbons (Fsp3) is 0.273. The van der Waals surface area contributed by atoms with Crippen molar-refractivity contribution < 1.29 is 4.39 Å². The summed E-state index contributed by atoms with van der Waals surface area (Å²) in [4.78, 5) is 0. The molecule has 0 amide bonds. The number of thiol groups is 1. The molecule has 0 fully saturated rings. The second-order valence-corrected chi connectivity index (χ2v) is 3.15. The van der Waals surface area contributed by atoms with Gasteiger partial charge in [-0.1, -0.05) is 24.0 Å². The van der Waals surface area contributed by atoms with Crippen molar-refractivity contribution in [3.8, 4) is 11.8 Å². The molecule has 0 bridgehead atoms. The first kappa shape index (κ1) is 10.1. The van der Waals surface area contributed by atoms with Crippen LogP contribution in [0.3, 0.4) is 0 Å². The molecule has 0 nitrogen and oxygen atoms in total. The zero-order chi connectivity index (χ0) is 9.68. The number of hydrogen-bond donors (Lipinski definition) is 1. The topological polar surface area (TPSA) is 0 Å². The first-order valence-electron chi connectivity index (χ1n) is 4.10. The van der Waals surface area contributed by atoms with E-state index >= 15 is 0 Å². The van der Waals surface area contributed by atoms with Gasteiger partial charge in [-0.15, -0.1) is 0 Å². The average molecular weight is 194 g/mol. The number of halogens is 1. The molecule has 1 aromatic carbocycles. The molecule has 1 rings (SSSR count). The third-order valence-corrected chi connectivity index (χ3v) is 1.90. The zero-order valence-corrected chi connectivity index (χ0v) is 8.37. The quantitative estimate of drug-likeness (QED) is 0.516. The molecule has 0 aliphatic carbocycles. The van der Waals surface area contributed by atoms with Crippen LogP contribution in [-0.2, 0) is 0 Å². The third kappa shape index (κ3) is 2.78. The van der Waals surface area contributed by atoms with Crippen LogP contribution >= 0.6 is 12.6 Å². The molecule has 0 atom stereocenters. The van der Waals surface area contributed by atoms with Gasteiger partial charge in [-0.25, -0.2) is 4.39 Å². The Labute approximate surface area is 83.6 Å². The fourth-order valence-corrected chi connectivity index (χ4v) is 1.11. The van der Waals surface area contributed by atoms with Crippen molar-refractivity contribution in [3.05, 3.63) is 35.1 Å². The summed E-state index contributed by atoms with van der Waals surface area (Å²) in [6.07, 6.45) is 0.691. The van der Waals surface area contributed by atoms with Gasteiger partial charge in [0.2, 0.25) is 0 Å². The lowest BCUT2D eigenvalue weighted by Crippen LogP contribution is -1.87. The summed E-state index contributed by atoms with van der Waals surface area (Å²) in [6.45, 7) is 1.85. The summed E-state index contributed by atoms with van der Waals surface area (Å²) in [5.74, 6) is 6.14. The minimum absolute atomic E-state index is 0.244. The van der Waals surface area contributed by atoms with E-state index in [2.05, 4.69) is 24.5 Å². The predicted octanol–water partition coefficient (Wildman–Crippen LogP) is 2.81. The Balaban J connectivity index is 2.95. The molecule has 0 aliphatic rings. The maximum Gasteiger partial charge on any atom is 0.139 e. The molecule has 0 aliphatic heterocycles. The lowest BCUT2D eigenvalue weighted by molar-refractivity contribution is 0.623. The van der Waals surface area contributed by atoms with Gasteiger partial charge in [0.05, 0.1) is 5.56 Å². The van der Waals surface area contributed by atoms with Gasteiger partial charge in [0, 0.05) is 12.2 Å². The van der Waals surface area contributed by atoms with Gasteiger partial charge in [-0.05, 0) is 18.6 Å². The molecular weight excluding hydrogens is 183 g/mol. The average Bonchev–Trinajstić information content (AvgIpc) is 2.10. The summed E-state index contributed by atoms with van der Waals surface area (Å²) in [7, 11) is 0. The van der Waals surface area contributed by atoms with Crippen LogP contribution in [0.25, 0.3) is 0 Å². The van der Waals surface area contributed by atoms with E-state index in [0.29, 0.717) is 17.7 Å². The van der Waals surface area contributed by atoms with Crippen LogP contribution < -0.4 is 0 Å². The van der Waals surface area contributed by atoms with E-state index in [9.17, 15) is 4.39 Å². The molecule has 0 spiro atoms. The summed E-state index contributed by atoms with van der Waals surface area (Å²) in [5.41, 5.74) is 1.39. The molecule has 13 heavy (non-hydrogen) atoms. The Morgan fingerprint density at radius 1 is 1.46 bits per heavy atom. The smallest absolute Gasteiger partial charge is 0.139 e. The van der Waals surface area contributed by atoms with Crippen molar-refractivity contribution >= 4 is 12.6 Å². The molecule has 2 heteroatoms. The summed E-state index contributed by atoms with van der Waals surface area (Å²) >= 11 is 4.02. The summed E-state index contributed by atoms with van der Waals surface area (Å²) in [6, 6.07) is 4.97. The van der Waals surface area contributed by atoms with E-state index in [0.717, 1.165) is 5.56 Å². The monoisotopic (exact) mass is 194 g/mol. The molecule has 0 unspecified atom stereocenters. The van der Waals surface area contributed by atoms with Gasteiger partial charge in [0.15, 0.2) is 0 Å². The molecule has 0 saturated heterocycles. The Bertz CT molecular complexity index is 327. The van der Waals surface area contributed by atoms with E-state index in [-0.39, 0.29) is 5.82 Å². The van der Waals surface area contributed by atoms with Crippen LogP contribution in [0.15, 0.2) is 18.2 Å². The Kier molecular flexibility index (Phi) is 3.85. The van der Waals surface area contributed by atoms with Crippen LogP contribution in [0.5, 0.6) is 0 Å². The van der Waals surface area contributed by atoms with Gasteiger partial charge >= 0.3 is 0 Å². The highest BCUT2D eigenvalue weighted by Gasteiger charge is 1.99. The van der Waals surface area contributed by atoms with Gasteiger partial charge in [-0.3, -0.25) is 0 Å². The first-order chi connectivity index (χ1) is 6.25. The van der Waals surface area contributed by atoms with Crippen molar-refractivity contribution in [1.82, 2.24) is 0 Å². The highest BCUT2D eigenvalue weighted by Crippen LogP contribution is 2.10. The van der Waals surface area contributed by atoms with E-state index in [1.165, 1.54) is 6.07 Å². The van der Waals surface area contributed by atoms with Crippen molar-refractivity contribution in [3.63, 3.8) is 0 Å². The number of aryl methyl sites for hydroxylation is 1. The van der Waals surface area contributed by atoms with E-state index < -0.39 is 0 Å². The Hall–Kier alpha value is -0.940. The standard InChI is InChI=1S/C11H11FS/c1-9-5-4-7-11(12)10(9)6-2-3-8-13/h4-5,7,13H,3,8H2,1H3. The third-order valence-electron chi connectivity index (χ3n) is 1.67. The molecule has 68 valence electrons. The van der Waals surface area contributed by atoms with Crippen LogP contribution in [0, 0.1) is 24.6 Å². The molecule has 0 radical (unpaired) electrons. The molecule has 0 heterocycles. The van der Waals surface area contributed by atoms with Crippen molar-refractivity contribution in [1.29, 1.82) is 0 Å². The lowest BCUT2D eigenvalue weighted by Gasteiger charge is -1.97.